The summed E-state index contributed by atoms with van der Waals surface area (Å²) >= 11 is 7.67. The minimum absolute atomic E-state index is 0.149. The smallest absolute Gasteiger partial charge is 0.219 e. The molecule has 1 aromatic rings. The number of guanidine groups is 1. The van der Waals surface area contributed by atoms with E-state index in [2.05, 4.69) is 17.1 Å². The van der Waals surface area contributed by atoms with Gasteiger partial charge in [0.05, 0.1) is 6.54 Å². The number of halogens is 1. The van der Waals surface area contributed by atoms with Crippen molar-refractivity contribution in [1.29, 1.82) is 0 Å². The second kappa shape index (κ2) is 9.79. The average Bonchev–Trinajstić information content (AvgIpc) is 2.59. The first kappa shape index (κ1) is 18.9. The number of amides is 1. The van der Waals surface area contributed by atoms with Gasteiger partial charge in [-0.1, -0.05) is 11.6 Å². The third kappa shape index (κ3) is 5.91. The van der Waals surface area contributed by atoms with Crippen molar-refractivity contribution in [3.8, 4) is 0 Å². The molecule has 2 rings (SSSR count). The lowest BCUT2D eigenvalue weighted by molar-refractivity contribution is -0.130. The highest BCUT2D eigenvalue weighted by Crippen LogP contribution is 2.20. The van der Waals surface area contributed by atoms with Crippen molar-refractivity contribution in [2.75, 3.05) is 45.0 Å². The Hall–Kier alpha value is -1.40. The Morgan fingerprint density at radius 1 is 1.21 bits per heavy atom. The van der Waals surface area contributed by atoms with Crippen LogP contribution in [0.3, 0.4) is 0 Å². The monoisotopic (exact) mass is 368 g/mol. The summed E-state index contributed by atoms with van der Waals surface area (Å²) in [6.45, 7) is 8.48. The summed E-state index contributed by atoms with van der Waals surface area (Å²) in [7, 11) is 0. The Kier molecular flexibility index (Phi) is 7.72. The van der Waals surface area contributed by atoms with Gasteiger partial charge in [-0.3, -0.25) is 9.79 Å². The fourth-order valence-corrected chi connectivity index (χ4v) is 3.38. The molecule has 5 nitrogen and oxygen atoms in total. The van der Waals surface area contributed by atoms with Gasteiger partial charge < -0.3 is 15.1 Å². The molecule has 1 aromatic carbocycles. The number of aliphatic imine (C=N–C) groups is 1. The topological polar surface area (TPSA) is 47.9 Å². The van der Waals surface area contributed by atoms with E-state index in [0.717, 1.165) is 56.0 Å². The summed E-state index contributed by atoms with van der Waals surface area (Å²) in [5, 5.41) is 4.11. The van der Waals surface area contributed by atoms with Gasteiger partial charge in [-0.15, -0.1) is 11.8 Å². The first-order valence-electron chi connectivity index (χ1n) is 8.27. The van der Waals surface area contributed by atoms with Crippen molar-refractivity contribution >= 4 is 35.2 Å². The molecule has 0 spiro atoms. The van der Waals surface area contributed by atoms with Crippen LogP contribution in [0.1, 0.15) is 13.8 Å². The van der Waals surface area contributed by atoms with E-state index in [-0.39, 0.29) is 5.91 Å². The lowest BCUT2D eigenvalue weighted by Gasteiger charge is -2.36. The van der Waals surface area contributed by atoms with Gasteiger partial charge in [0.25, 0.3) is 0 Å². The zero-order valence-corrected chi connectivity index (χ0v) is 15.9. The first-order valence-corrected chi connectivity index (χ1v) is 9.63. The first-order chi connectivity index (χ1) is 11.6. The molecule has 1 aliphatic heterocycles. The molecule has 132 valence electrons. The molecule has 1 amide bonds. The van der Waals surface area contributed by atoms with E-state index in [1.165, 1.54) is 4.90 Å². The molecule has 1 aliphatic rings. The fourth-order valence-electron chi connectivity index (χ4n) is 2.50. The fraction of sp³-hybridized carbons (Fsp3) is 0.529. The molecule has 24 heavy (non-hydrogen) atoms. The summed E-state index contributed by atoms with van der Waals surface area (Å²) in [5.41, 5.74) is 0. The molecular weight excluding hydrogens is 344 g/mol. The number of benzene rings is 1. The maximum Gasteiger partial charge on any atom is 0.219 e. The summed E-state index contributed by atoms with van der Waals surface area (Å²) in [6, 6.07) is 7.88. The highest BCUT2D eigenvalue weighted by Gasteiger charge is 2.20. The predicted molar refractivity (Wildman–Crippen MR) is 102 cm³/mol. The number of nitrogens with one attached hydrogen (secondary N) is 1. The highest BCUT2D eigenvalue weighted by molar-refractivity contribution is 7.99. The lowest BCUT2D eigenvalue weighted by atomic mass is 10.3. The van der Waals surface area contributed by atoms with Crippen molar-refractivity contribution in [1.82, 2.24) is 15.1 Å². The summed E-state index contributed by atoms with van der Waals surface area (Å²) < 4.78 is 0. The van der Waals surface area contributed by atoms with Gasteiger partial charge in [0.1, 0.15) is 0 Å². The quantitative estimate of drug-likeness (QED) is 0.375. The van der Waals surface area contributed by atoms with Crippen molar-refractivity contribution in [2.45, 2.75) is 18.7 Å². The second-order valence-corrected chi connectivity index (χ2v) is 7.14. The molecule has 0 aromatic heterocycles. The standard InChI is InChI=1S/C17H25ClN4OS/c1-3-19-17(22-11-9-21(10-12-22)14(2)23)20-8-13-24-16-6-4-15(18)5-7-16/h4-7H,3,8-13H2,1-2H3,(H,19,20). The molecular formula is C17H25ClN4OS. The Morgan fingerprint density at radius 3 is 2.42 bits per heavy atom. The molecule has 0 bridgehead atoms. The van der Waals surface area contributed by atoms with E-state index in [1.807, 2.05) is 29.2 Å². The van der Waals surface area contributed by atoms with Gasteiger partial charge >= 0.3 is 0 Å². The van der Waals surface area contributed by atoms with Crippen LogP contribution in [-0.2, 0) is 4.79 Å². The van der Waals surface area contributed by atoms with Crippen molar-refractivity contribution in [2.24, 2.45) is 4.99 Å². The molecule has 1 fully saturated rings. The number of hydrogen-bond acceptors (Lipinski definition) is 3. The maximum atomic E-state index is 11.4. The van der Waals surface area contributed by atoms with Crippen LogP contribution in [0.2, 0.25) is 5.02 Å². The highest BCUT2D eigenvalue weighted by atomic mass is 35.5. The van der Waals surface area contributed by atoms with Crippen molar-refractivity contribution in [3.05, 3.63) is 29.3 Å². The Morgan fingerprint density at radius 2 is 1.83 bits per heavy atom. The number of piperazine rings is 1. The predicted octanol–water partition coefficient (Wildman–Crippen LogP) is 2.56. The number of carbonyl (C=O) groups is 1. The number of rotatable bonds is 5. The molecule has 0 aliphatic carbocycles. The molecule has 0 atom stereocenters. The van der Waals surface area contributed by atoms with Gasteiger partial charge in [0.2, 0.25) is 5.91 Å². The molecule has 0 unspecified atom stereocenters. The Bertz CT molecular complexity index is 556. The van der Waals surface area contributed by atoms with Crippen LogP contribution in [0, 0.1) is 0 Å². The SMILES string of the molecule is CCNC(=NCCSc1ccc(Cl)cc1)N1CCN(C(C)=O)CC1. The van der Waals surface area contributed by atoms with Gasteiger partial charge in [0, 0.05) is 55.3 Å². The summed E-state index contributed by atoms with van der Waals surface area (Å²) in [6.07, 6.45) is 0. The summed E-state index contributed by atoms with van der Waals surface area (Å²) in [4.78, 5) is 21.5. The van der Waals surface area contributed by atoms with E-state index >= 15 is 0 Å². The maximum absolute atomic E-state index is 11.4. The zero-order valence-electron chi connectivity index (χ0n) is 14.3. The van der Waals surface area contributed by atoms with Gasteiger partial charge in [-0.2, -0.15) is 0 Å². The number of nitrogens with zero attached hydrogens (tertiary/aromatic N) is 3. The lowest BCUT2D eigenvalue weighted by Crippen LogP contribution is -2.53. The number of carbonyl (C=O) groups excluding carboxylic acids is 1. The molecule has 7 heteroatoms. The third-order valence-corrected chi connectivity index (χ3v) is 5.04. The van der Waals surface area contributed by atoms with E-state index in [4.69, 9.17) is 16.6 Å². The van der Waals surface area contributed by atoms with Gasteiger partial charge in [0.15, 0.2) is 5.96 Å². The molecule has 0 saturated carbocycles. The number of hydrogen-bond donors (Lipinski definition) is 1. The molecule has 0 radical (unpaired) electrons. The van der Waals surface area contributed by atoms with Crippen LogP contribution < -0.4 is 5.32 Å². The number of thioether (sulfide) groups is 1. The van der Waals surface area contributed by atoms with Crippen molar-refractivity contribution in [3.63, 3.8) is 0 Å². The van der Waals surface area contributed by atoms with Crippen LogP contribution in [0.5, 0.6) is 0 Å². The summed E-state index contributed by atoms with van der Waals surface area (Å²) in [5.74, 6) is 2.01. The van der Waals surface area contributed by atoms with Crippen LogP contribution >= 0.6 is 23.4 Å². The largest absolute Gasteiger partial charge is 0.357 e. The van der Waals surface area contributed by atoms with E-state index in [0.29, 0.717) is 0 Å². The van der Waals surface area contributed by atoms with Crippen LogP contribution in [0.25, 0.3) is 0 Å². The third-order valence-electron chi connectivity index (χ3n) is 3.79. The van der Waals surface area contributed by atoms with Crippen molar-refractivity contribution < 1.29 is 4.79 Å². The minimum Gasteiger partial charge on any atom is -0.357 e. The average molecular weight is 369 g/mol. The van der Waals surface area contributed by atoms with E-state index < -0.39 is 0 Å². The minimum atomic E-state index is 0.149. The molecule has 1 saturated heterocycles. The Balaban J connectivity index is 1.82. The molecule has 1 heterocycles. The molecule has 1 N–H and O–H groups in total. The van der Waals surface area contributed by atoms with Crippen LogP contribution in [0.4, 0.5) is 0 Å². The zero-order chi connectivity index (χ0) is 17.4. The second-order valence-electron chi connectivity index (χ2n) is 5.53. The van der Waals surface area contributed by atoms with Crippen LogP contribution in [0.15, 0.2) is 34.2 Å². The normalized spacial score (nSPS) is 15.5. The van der Waals surface area contributed by atoms with Gasteiger partial charge in [-0.25, -0.2) is 0 Å². The van der Waals surface area contributed by atoms with Gasteiger partial charge in [-0.05, 0) is 31.2 Å². The Labute approximate surface area is 153 Å². The van der Waals surface area contributed by atoms with E-state index in [9.17, 15) is 4.79 Å². The van der Waals surface area contributed by atoms with E-state index in [1.54, 1.807) is 18.7 Å². The van der Waals surface area contributed by atoms with Crippen LogP contribution in [-0.4, -0.2) is 66.7 Å².